The Morgan fingerprint density at radius 2 is 1.71 bits per heavy atom. The molecule has 3 amide bonds. The highest BCUT2D eigenvalue weighted by Crippen LogP contribution is 2.37. The number of benzene rings is 1. The van der Waals surface area contributed by atoms with Gasteiger partial charge in [-0.3, -0.25) is 19.3 Å². The SMILES string of the molecule is CC1=C(CCCCCCN2CCN(C(=O)C3CCC3)CC2)C(=O)N(c2ccc(C#N)c(C(F)(F)F)c2)C1=O. The van der Waals surface area contributed by atoms with E-state index >= 15 is 0 Å². The number of rotatable bonds is 9. The molecule has 1 aliphatic carbocycles. The maximum absolute atomic E-state index is 13.4. The van der Waals surface area contributed by atoms with Gasteiger partial charge in [0.05, 0.1) is 22.9 Å². The van der Waals surface area contributed by atoms with Gasteiger partial charge in [-0.15, -0.1) is 0 Å². The summed E-state index contributed by atoms with van der Waals surface area (Å²) >= 11 is 0. The minimum atomic E-state index is -4.78. The first-order valence-corrected chi connectivity index (χ1v) is 13.3. The molecule has 0 aromatic heterocycles. The number of nitriles is 1. The molecule has 4 rings (SSSR count). The Kier molecular flexibility index (Phi) is 8.56. The van der Waals surface area contributed by atoms with Crippen LogP contribution in [0.4, 0.5) is 18.9 Å². The van der Waals surface area contributed by atoms with Crippen molar-refractivity contribution in [2.24, 2.45) is 5.92 Å². The number of unbranched alkanes of at least 4 members (excludes halogenated alkanes) is 3. The molecule has 0 radical (unpaired) electrons. The summed E-state index contributed by atoms with van der Waals surface area (Å²) in [5.74, 6) is -0.660. The van der Waals surface area contributed by atoms with Crippen molar-refractivity contribution in [3.8, 4) is 6.07 Å². The third-order valence-electron chi connectivity index (χ3n) is 7.91. The number of piperazine rings is 1. The average Bonchev–Trinajstić information content (AvgIpc) is 3.07. The summed E-state index contributed by atoms with van der Waals surface area (Å²) in [5, 5.41) is 9.00. The van der Waals surface area contributed by atoms with Crippen molar-refractivity contribution in [1.29, 1.82) is 5.26 Å². The zero-order valence-corrected chi connectivity index (χ0v) is 21.6. The largest absolute Gasteiger partial charge is 0.417 e. The van der Waals surface area contributed by atoms with Gasteiger partial charge < -0.3 is 4.90 Å². The minimum absolute atomic E-state index is 0.185. The highest BCUT2D eigenvalue weighted by atomic mass is 19.4. The predicted octanol–water partition coefficient (Wildman–Crippen LogP) is 4.66. The number of nitrogens with zero attached hydrogens (tertiary/aromatic N) is 4. The van der Waals surface area contributed by atoms with Gasteiger partial charge in [0.25, 0.3) is 11.8 Å². The standard InChI is InChI=1S/C28H33F3N4O3/c1-19-23(27(38)35(25(19)36)22-11-10-21(18-32)24(17-22)28(29,30)31)9-4-2-3-5-12-33-13-15-34(16-14-33)26(37)20-7-6-8-20/h10-11,17,20H,2-9,12-16H2,1H3. The monoisotopic (exact) mass is 530 g/mol. The first kappa shape index (κ1) is 27.8. The zero-order chi connectivity index (χ0) is 27.4. The highest BCUT2D eigenvalue weighted by Gasteiger charge is 2.39. The van der Waals surface area contributed by atoms with Crippen LogP contribution in [0, 0.1) is 17.2 Å². The summed E-state index contributed by atoms with van der Waals surface area (Å²) in [6.45, 7) is 5.85. The van der Waals surface area contributed by atoms with E-state index in [1.807, 2.05) is 4.90 Å². The first-order valence-electron chi connectivity index (χ1n) is 13.3. The molecule has 204 valence electrons. The molecule has 2 aliphatic heterocycles. The third-order valence-corrected chi connectivity index (χ3v) is 7.91. The molecular formula is C28H33F3N4O3. The summed E-state index contributed by atoms with van der Waals surface area (Å²) in [7, 11) is 0. The molecule has 0 bridgehead atoms. The van der Waals surface area contributed by atoms with Gasteiger partial charge in [-0.1, -0.05) is 19.3 Å². The smallest absolute Gasteiger partial charge is 0.340 e. The summed E-state index contributed by atoms with van der Waals surface area (Å²) in [6, 6.07) is 4.37. The maximum atomic E-state index is 13.4. The van der Waals surface area contributed by atoms with Crippen LogP contribution in [0.15, 0.2) is 29.3 Å². The molecule has 1 aromatic rings. The van der Waals surface area contributed by atoms with E-state index in [9.17, 15) is 27.6 Å². The number of halogens is 3. The Bertz CT molecular complexity index is 1160. The molecule has 0 N–H and O–H groups in total. The van der Waals surface area contributed by atoms with E-state index < -0.39 is 29.1 Å². The van der Waals surface area contributed by atoms with Crippen LogP contribution in [0.25, 0.3) is 0 Å². The van der Waals surface area contributed by atoms with E-state index in [1.165, 1.54) is 19.1 Å². The molecule has 3 aliphatic rings. The van der Waals surface area contributed by atoms with Crippen LogP contribution in [0.3, 0.4) is 0 Å². The lowest BCUT2D eigenvalue weighted by Crippen LogP contribution is -2.51. The number of carbonyl (C=O) groups is 3. The van der Waals surface area contributed by atoms with Crippen molar-refractivity contribution in [2.45, 2.75) is 64.5 Å². The molecule has 7 nitrogen and oxygen atoms in total. The summed E-state index contributed by atoms with van der Waals surface area (Å²) in [4.78, 5) is 43.2. The average molecular weight is 531 g/mol. The minimum Gasteiger partial charge on any atom is -0.340 e. The summed E-state index contributed by atoms with van der Waals surface area (Å²) < 4.78 is 40.1. The van der Waals surface area contributed by atoms with Crippen molar-refractivity contribution in [3.05, 3.63) is 40.5 Å². The van der Waals surface area contributed by atoms with Crippen LogP contribution in [0.2, 0.25) is 0 Å². The molecule has 0 spiro atoms. The number of carbonyl (C=O) groups excluding carboxylic acids is 3. The Balaban J connectivity index is 1.21. The number of alkyl halides is 3. The second-order valence-electron chi connectivity index (χ2n) is 10.3. The van der Waals surface area contributed by atoms with Crippen molar-refractivity contribution in [1.82, 2.24) is 9.80 Å². The number of imide groups is 1. The molecule has 1 saturated carbocycles. The molecule has 0 atom stereocenters. The normalized spacial score (nSPS) is 19.2. The van der Waals surface area contributed by atoms with Gasteiger partial charge in [-0.05, 0) is 63.8 Å². The lowest BCUT2D eigenvalue weighted by Gasteiger charge is -2.38. The topological polar surface area (TPSA) is 84.7 Å². The van der Waals surface area contributed by atoms with Crippen LogP contribution in [-0.2, 0) is 20.6 Å². The second kappa shape index (κ2) is 11.7. The molecule has 10 heteroatoms. The summed E-state index contributed by atoms with van der Waals surface area (Å²) in [5.41, 5.74) is -1.33. The van der Waals surface area contributed by atoms with Crippen LogP contribution in [0.5, 0.6) is 0 Å². The van der Waals surface area contributed by atoms with Gasteiger partial charge in [0, 0.05) is 43.2 Å². The molecule has 0 unspecified atom stereocenters. The Labute approximate surface area is 220 Å². The zero-order valence-electron chi connectivity index (χ0n) is 21.6. The van der Waals surface area contributed by atoms with Gasteiger partial charge in [-0.2, -0.15) is 18.4 Å². The summed E-state index contributed by atoms with van der Waals surface area (Å²) in [6.07, 6.45) is 2.36. The van der Waals surface area contributed by atoms with Crippen LogP contribution < -0.4 is 4.90 Å². The molecule has 2 heterocycles. The Morgan fingerprint density at radius 3 is 2.32 bits per heavy atom. The lowest BCUT2D eigenvalue weighted by atomic mass is 9.84. The van der Waals surface area contributed by atoms with Crippen molar-refractivity contribution in [3.63, 3.8) is 0 Å². The van der Waals surface area contributed by atoms with Gasteiger partial charge in [0.1, 0.15) is 0 Å². The van der Waals surface area contributed by atoms with E-state index in [1.54, 1.807) is 0 Å². The lowest BCUT2D eigenvalue weighted by molar-refractivity contribution is -0.140. The van der Waals surface area contributed by atoms with Crippen molar-refractivity contribution < 1.29 is 27.6 Å². The fourth-order valence-corrected chi connectivity index (χ4v) is 5.31. The third kappa shape index (κ3) is 5.93. The van der Waals surface area contributed by atoms with Crippen LogP contribution >= 0.6 is 0 Å². The molecule has 1 saturated heterocycles. The van der Waals surface area contributed by atoms with Gasteiger partial charge in [0.15, 0.2) is 0 Å². The molecular weight excluding hydrogens is 497 g/mol. The molecule has 1 aromatic carbocycles. The quantitative estimate of drug-likeness (QED) is 0.343. The number of amides is 3. The van der Waals surface area contributed by atoms with Crippen molar-refractivity contribution >= 4 is 23.4 Å². The van der Waals surface area contributed by atoms with Gasteiger partial charge in [0.2, 0.25) is 5.91 Å². The fraction of sp³-hybridized carbons (Fsp3) is 0.571. The number of hydrogen-bond acceptors (Lipinski definition) is 5. The molecule has 38 heavy (non-hydrogen) atoms. The van der Waals surface area contributed by atoms with Crippen LogP contribution in [-0.4, -0.2) is 60.2 Å². The van der Waals surface area contributed by atoms with E-state index in [0.29, 0.717) is 30.4 Å². The van der Waals surface area contributed by atoms with Crippen LogP contribution in [0.1, 0.15) is 69.4 Å². The van der Waals surface area contributed by atoms with E-state index in [0.717, 1.165) is 82.2 Å². The Hall–Kier alpha value is -3.19. The molecule has 2 fully saturated rings. The van der Waals surface area contributed by atoms with E-state index in [2.05, 4.69) is 4.90 Å². The van der Waals surface area contributed by atoms with E-state index in [-0.39, 0.29) is 17.2 Å². The Morgan fingerprint density at radius 1 is 1.03 bits per heavy atom. The van der Waals surface area contributed by atoms with Gasteiger partial charge >= 0.3 is 6.18 Å². The first-order chi connectivity index (χ1) is 18.1. The number of hydrogen-bond donors (Lipinski definition) is 0. The van der Waals surface area contributed by atoms with Gasteiger partial charge in [-0.25, -0.2) is 4.90 Å². The number of anilines is 1. The maximum Gasteiger partial charge on any atom is 0.417 e. The second-order valence-corrected chi connectivity index (χ2v) is 10.3. The van der Waals surface area contributed by atoms with E-state index in [4.69, 9.17) is 5.26 Å². The predicted molar refractivity (Wildman–Crippen MR) is 135 cm³/mol. The van der Waals surface area contributed by atoms with Crippen molar-refractivity contribution in [2.75, 3.05) is 37.6 Å². The fourth-order valence-electron chi connectivity index (χ4n) is 5.31. The highest BCUT2D eigenvalue weighted by molar-refractivity contribution is 6.32.